The van der Waals surface area contributed by atoms with E-state index in [4.69, 9.17) is 5.11 Å². The molecule has 0 bridgehead atoms. The summed E-state index contributed by atoms with van der Waals surface area (Å²) in [5.41, 5.74) is 1.69. The van der Waals surface area contributed by atoms with Crippen LogP contribution in [0, 0.1) is 0 Å². The van der Waals surface area contributed by atoms with Crippen LogP contribution >= 0.6 is 0 Å². The molecular weight excluding hydrogens is 256 g/mol. The molecule has 0 fully saturated rings. The van der Waals surface area contributed by atoms with Crippen molar-refractivity contribution in [3.05, 3.63) is 71.3 Å². The lowest BCUT2D eigenvalue weighted by Crippen LogP contribution is -2.14. The molecule has 102 valence electrons. The Labute approximate surface area is 116 Å². The molecule has 0 heterocycles. The maximum absolute atomic E-state index is 11.4. The predicted octanol–water partition coefficient (Wildman–Crippen LogP) is 2.80. The van der Waals surface area contributed by atoms with Crippen molar-refractivity contribution in [3.8, 4) is 0 Å². The average Bonchev–Trinajstić information content (AvgIpc) is 2.45. The standard InChI is InChI=1S/C16H14O4/c17-15(18)13-8-6-12(7-9-13)14(16(19)20)10-11-4-2-1-3-5-11/h1-9,14H,10H2,(H,17,18)(H,19,20). The van der Waals surface area contributed by atoms with Crippen molar-refractivity contribution in [2.45, 2.75) is 12.3 Å². The van der Waals surface area contributed by atoms with Crippen LogP contribution in [0.5, 0.6) is 0 Å². The summed E-state index contributed by atoms with van der Waals surface area (Å²) in [4.78, 5) is 22.2. The SMILES string of the molecule is O=C(O)c1ccc(C(Cc2ccccc2)C(=O)O)cc1. The highest BCUT2D eigenvalue weighted by atomic mass is 16.4. The summed E-state index contributed by atoms with van der Waals surface area (Å²) in [5, 5.41) is 18.2. The molecule has 2 aromatic carbocycles. The first-order chi connectivity index (χ1) is 9.58. The summed E-state index contributed by atoms with van der Waals surface area (Å²) in [6, 6.07) is 15.3. The van der Waals surface area contributed by atoms with E-state index >= 15 is 0 Å². The summed E-state index contributed by atoms with van der Waals surface area (Å²) in [5.74, 6) is -2.62. The summed E-state index contributed by atoms with van der Waals surface area (Å²) in [6.07, 6.45) is 0.378. The summed E-state index contributed by atoms with van der Waals surface area (Å²) < 4.78 is 0. The number of hydrogen-bond acceptors (Lipinski definition) is 2. The second-order valence-electron chi connectivity index (χ2n) is 4.51. The molecule has 0 radical (unpaired) electrons. The van der Waals surface area contributed by atoms with Crippen LogP contribution in [0.1, 0.15) is 27.4 Å². The maximum atomic E-state index is 11.4. The van der Waals surface area contributed by atoms with Gasteiger partial charge in [0.15, 0.2) is 0 Å². The van der Waals surface area contributed by atoms with Gasteiger partial charge in [-0.15, -0.1) is 0 Å². The molecule has 0 aromatic heterocycles. The molecule has 0 saturated carbocycles. The molecule has 2 aromatic rings. The van der Waals surface area contributed by atoms with Crippen LogP contribution in [0.4, 0.5) is 0 Å². The van der Waals surface area contributed by atoms with E-state index in [0.29, 0.717) is 12.0 Å². The van der Waals surface area contributed by atoms with Gasteiger partial charge in [0, 0.05) is 0 Å². The highest BCUT2D eigenvalue weighted by Crippen LogP contribution is 2.22. The van der Waals surface area contributed by atoms with Crippen molar-refractivity contribution in [2.24, 2.45) is 0 Å². The van der Waals surface area contributed by atoms with E-state index in [9.17, 15) is 14.7 Å². The monoisotopic (exact) mass is 270 g/mol. The minimum Gasteiger partial charge on any atom is -0.481 e. The van der Waals surface area contributed by atoms with Gasteiger partial charge in [-0.3, -0.25) is 4.79 Å². The Bertz CT molecular complexity index is 602. The van der Waals surface area contributed by atoms with Gasteiger partial charge in [0.05, 0.1) is 11.5 Å². The van der Waals surface area contributed by atoms with Gasteiger partial charge in [-0.25, -0.2) is 4.79 Å². The lowest BCUT2D eigenvalue weighted by Gasteiger charge is -2.13. The van der Waals surface area contributed by atoms with E-state index < -0.39 is 17.9 Å². The molecule has 0 aliphatic rings. The third-order valence-electron chi connectivity index (χ3n) is 3.14. The Morgan fingerprint density at radius 1 is 0.900 bits per heavy atom. The van der Waals surface area contributed by atoms with E-state index in [2.05, 4.69) is 0 Å². The normalized spacial score (nSPS) is 11.8. The molecule has 0 saturated heterocycles. The molecule has 4 heteroatoms. The second kappa shape index (κ2) is 6.02. The average molecular weight is 270 g/mol. The van der Waals surface area contributed by atoms with Crippen LogP contribution in [-0.2, 0) is 11.2 Å². The van der Waals surface area contributed by atoms with E-state index in [1.807, 2.05) is 30.3 Å². The zero-order chi connectivity index (χ0) is 14.5. The number of benzene rings is 2. The lowest BCUT2D eigenvalue weighted by atomic mass is 9.91. The van der Waals surface area contributed by atoms with Crippen LogP contribution < -0.4 is 0 Å². The highest BCUT2D eigenvalue weighted by Gasteiger charge is 2.20. The smallest absolute Gasteiger partial charge is 0.335 e. The highest BCUT2D eigenvalue weighted by molar-refractivity contribution is 5.87. The molecule has 1 atom stereocenters. The Morgan fingerprint density at radius 3 is 2.00 bits per heavy atom. The van der Waals surface area contributed by atoms with Gasteiger partial charge in [-0.1, -0.05) is 42.5 Å². The number of aromatic carboxylic acids is 1. The van der Waals surface area contributed by atoms with Gasteiger partial charge in [0.1, 0.15) is 0 Å². The van der Waals surface area contributed by atoms with Gasteiger partial charge in [0.2, 0.25) is 0 Å². The fourth-order valence-electron chi connectivity index (χ4n) is 2.06. The molecule has 1 unspecified atom stereocenters. The lowest BCUT2D eigenvalue weighted by molar-refractivity contribution is -0.138. The van der Waals surface area contributed by atoms with E-state index in [-0.39, 0.29) is 5.56 Å². The molecule has 0 aliphatic heterocycles. The largest absolute Gasteiger partial charge is 0.481 e. The number of carboxylic acid groups (broad SMARTS) is 2. The molecule has 20 heavy (non-hydrogen) atoms. The molecule has 2 rings (SSSR count). The zero-order valence-electron chi connectivity index (χ0n) is 10.7. The van der Waals surface area contributed by atoms with Crippen molar-refractivity contribution in [1.29, 1.82) is 0 Å². The van der Waals surface area contributed by atoms with E-state index in [1.165, 1.54) is 12.1 Å². The fourth-order valence-corrected chi connectivity index (χ4v) is 2.06. The van der Waals surface area contributed by atoms with Crippen molar-refractivity contribution in [1.82, 2.24) is 0 Å². The van der Waals surface area contributed by atoms with Crippen molar-refractivity contribution < 1.29 is 19.8 Å². The zero-order valence-corrected chi connectivity index (χ0v) is 10.7. The molecule has 0 amide bonds. The minimum atomic E-state index is -1.02. The first kappa shape index (κ1) is 13.8. The van der Waals surface area contributed by atoms with Crippen LogP contribution in [0.3, 0.4) is 0 Å². The summed E-state index contributed by atoms with van der Waals surface area (Å²) in [6.45, 7) is 0. The Kier molecular flexibility index (Phi) is 4.15. The van der Waals surface area contributed by atoms with Crippen LogP contribution in [0.15, 0.2) is 54.6 Å². The topological polar surface area (TPSA) is 74.6 Å². The van der Waals surface area contributed by atoms with Gasteiger partial charge in [-0.2, -0.15) is 0 Å². The first-order valence-electron chi connectivity index (χ1n) is 6.18. The van der Waals surface area contributed by atoms with Gasteiger partial charge in [-0.05, 0) is 29.7 Å². The quantitative estimate of drug-likeness (QED) is 0.876. The Morgan fingerprint density at radius 2 is 1.50 bits per heavy atom. The van der Waals surface area contributed by atoms with E-state index in [1.54, 1.807) is 12.1 Å². The second-order valence-corrected chi connectivity index (χ2v) is 4.51. The fraction of sp³-hybridized carbons (Fsp3) is 0.125. The van der Waals surface area contributed by atoms with Gasteiger partial charge >= 0.3 is 11.9 Å². The summed E-state index contributed by atoms with van der Waals surface area (Å²) in [7, 11) is 0. The van der Waals surface area contributed by atoms with Gasteiger partial charge in [0.25, 0.3) is 0 Å². The molecule has 2 N–H and O–H groups in total. The van der Waals surface area contributed by atoms with Crippen LogP contribution in [0.25, 0.3) is 0 Å². The number of carbonyl (C=O) groups is 2. The number of aliphatic carboxylic acids is 1. The minimum absolute atomic E-state index is 0.151. The maximum Gasteiger partial charge on any atom is 0.335 e. The number of carboxylic acids is 2. The third-order valence-corrected chi connectivity index (χ3v) is 3.14. The third kappa shape index (κ3) is 3.23. The molecule has 0 aliphatic carbocycles. The van der Waals surface area contributed by atoms with Crippen molar-refractivity contribution in [3.63, 3.8) is 0 Å². The van der Waals surface area contributed by atoms with Gasteiger partial charge < -0.3 is 10.2 Å². The molecule has 4 nitrogen and oxygen atoms in total. The van der Waals surface area contributed by atoms with Crippen molar-refractivity contribution in [2.75, 3.05) is 0 Å². The number of rotatable bonds is 5. The van der Waals surface area contributed by atoms with Crippen LogP contribution in [0.2, 0.25) is 0 Å². The molecular formula is C16H14O4. The predicted molar refractivity (Wildman–Crippen MR) is 73.9 cm³/mol. The van der Waals surface area contributed by atoms with Crippen LogP contribution in [-0.4, -0.2) is 22.2 Å². The Balaban J connectivity index is 2.25. The number of hydrogen-bond donors (Lipinski definition) is 2. The Hall–Kier alpha value is -2.62. The first-order valence-corrected chi connectivity index (χ1v) is 6.18. The van der Waals surface area contributed by atoms with E-state index in [0.717, 1.165) is 5.56 Å². The van der Waals surface area contributed by atoms with Crippen molar-refractivity contribution >= 4 is 11.9 Å². The molecule has 0 spiro atoms. The summed E-state index contributed by atoms with van der Waals surface area (Å²) >= 11 is 0.